The van der Waals surface area contributed by atoms with Gasteiger partial charge in [0.05, 0.1) is 5.39 Å². The van der Waals surface area contributed by atoms with Gasteiger partial charge in [0, 0.05) is 4.88 Å². The third kappa shape index (κ3) is 3.32. The Morgan fingerprint density at radius 1 is 1.33 bits per heavy atom. The lowest BCUT2D eigenvalue weighted by molar-refractivity contribution is 0.119. The van der Waals surface area contributed by atoms with Crippen LogP contribution in [-0.4, -0.2) is 16.1 Å². The van der Waals surface area contributed by atoms with Gasteiger partial charge in [-0.2, -0.15) is 4.98 Å². The van der Waals surface area contributed by atoms with Crippen LogP contribution in [0.4, 0.5) is 0 Å². The molecule has 0 aromatic carbocycles. The van der Waals surface area contributed by atoms with Crippen LogP contribution in [0.2, 0.25) is 5.28 Å². The summed E-state index contributed by atoms with van der Waals surface area (Å²) in [5.74, 6) is 1.45. The molecule has 3 nitrogen and oxygen atoms in total. The van der Waals surface area contributed by atoms with Crippen LogP contribution in [0.15, 0.2) is 6.07 Å². The van der Waals surface area contributed by atoms with Crippen molar-refractivity contribution in [2.24, 2.45) is 5.92 Å². The van der Waals surface area contributed by atoms with Gasteiger partial charge in [0.1, 0.15) is 10.9 Å². The summed E-state index contributed by atoms with van der Waals surface area (Å²) in [7, 11) is 0. The molecule has 2 aromatic heterocycles. The minimum atomic E-state index is 0.267. The normalized spacial score (nSPS) is 22.6. The van der Waals surface area contributed by atoms with E-state index in [1.807, 2.05) is 0 Å². The van der Waals surface area contributed by atoms with Crippen LogP contribution in [0.5, 0.6) is 5.88 Å². The number of nitrogens with zero attached hydrogens (tertiary/aromatic N) is 2. The topological polar surface area (TPSA) is 35.0 Å². The molecule has 0 aliphatic heterocycles. The second kappa shape index (κ2) is 6.49. The first-order valence-electron chi connectivity index (χ1n) is 7.82. The lowest BCUT2D eigenvalue weighted by atomic mass is 9.85. The summed E-state index contributed by atoms with van der Waals surface area (Å²) >= 11 is 7.73. The molecule has 1 saturated carbocycles. The second-order valence-corrected chi connectivity index (χ2v) is 7.22. The van der Waals surface area contributed by atoms with Crippen LogP contribution in [0.25, 0.3) is 10.2 Å². The average molecular weight is 325 g/mol. The highest BCUT2D eigenvalue weighted by Crippen LogP contribution is 2.35. The number of halogens is 1. The van der Waals surface area contributed by atoms with Crippen LogP contribution >= 0.6 is 22.9 Å². The number of hydrogen-bond acceptors (Lipinski definition) is 4. The van der Waals surface area contributed by atoms with Gasteiger partial charge in [-0.3, -0.25) is 0 Å². The fraction of sp³-hybridized carbons (Fsp3) is 0.625. The van der Waals surface area contributed by atoms with E-state index < -0.39 is 0 Å². The van der Waals surface area contributed by atoms with Crippen molar-refractivity contribution in [2.75, 3.05) is 0 Å². The number of fused-ring (bicyclic) bond motifs is 1. The first-order chi connectivity index (χ1) is 10.2. The summed E-state index contributed by atoms with van der Waals surface area (Å²) in [5, 5.41) is 1.30. The molecule has 1 aliphatic rings. The Balaban J connectivity index is 1.87. The van der Waals surface area contributed by atoms with E-state index in [-0.39, 0.29) is 11.4 Å². The molecule has 0 amide bonds. The minimum absolute atomic E-state index is 0.267. The number of rotatable bonds is 4. The quantitative estimate of drug-likeness (QED) is 0.720. The molecule has 114 valence electrons. The highest BCUT2D eigenvalue weighted by atomic mass is 35.5. The lowest BCUT2D eigenvalue weighted by Crippen LogP contribution is -2.25. The van der Waals surface area contributed by atoms with Gasteiger partial charge in [0.15, 0.2) is 0 Å². The molecule has 0 spiro atoms. The molecule has 21 heavy (non-hydrogen) atoms. The first-order valence-corrected chi connectivity index (χ1v) is 9.01. The Bertz CT molecular complexity index is 628. The van der Waals surface area contributed by atoms with E-state index in [9.17, 15) is 0 Å². The number of ether oxygens (including phenoxy) is 1. The molecule has 0 radical (unpaired) electrons. The largest absolute Gasteiger partial charge is 0.474 e. The van der Waals surface area contributed by atoms with Gasteiger partial charge < -0.3 is 4.74 Å². The van der Waals surface area contributed by atoms with E-state index in [1.54, 1.807) is 11.3 Å². The van der Waals surface area contributed by atoms with E-state index in [0.29, 0.717) is 5.88 Å². The zero-order chi connectivity index (χ0) is 14.8. The van der Waals surface area contributed by atoms with Crippen molar-refractivity contribution in [3.63, 3.8) is 0 Å². The summed E-state index contributed by atoms with van der Waals surface area (Å²) in [6.07, 6.45) is 7.32. The number of aryl methyl sites for hydroxylation is 1. The van der Waals surface area contributed by atoms with Crippen molar-refractivity contribution in [1.29, 1.82) is 0 Å². The molecule has 1 aliphatic carbocycles. The number of hydrogen-bond donors (Lipinski definition) is 0. The molecule has 5 heteroatoms. The first kappa shape index (κ1) is 15.0. The van der Waals surface area contributed by atoms with Crippen LogP contribution in [-0.2, 0) is 6.42 Å². The third-order valence-electron chi connectivity index (χ3n) is 4.32. The maximum atomic E-state index is 6.21. The molecule has 1 fully saturated rings. The molecule has 2 heterocycles. The SMILES string of the molecule is CCc1cc2c(OC3CCCC(CC)C3)nc(Cl)nc2s1. The van der Waals surface area contributed by atoms with Crippen molar-refractivity contribution in [3.05, 3.63) is 16.2 Å². The molecule has 0 saturated heterocycles. The van der Waals surface area contributed by atoms with Gasteiger partial charge >= 0.3 is 0 Å². The fourth-order valence-corrected chi connectivity index (χ4v) is 4.23. The van der Waals surface area contributed by atoms with Crippen LogP contribution < -0.4 is 4.74 Å². The van der Waals surface area contributed by atoms with Gasteiger partial charge in [-0.05, 0) is 49.3 Å². The Morgan fingerprint density at radius 2 is 2.19 bits per heavy atom. The molecule has 2 unspecified atom stereocenters. The maximum absolute atomic E-state index is 6.21. The zero-order valence-corrected chi connectivity index (χ0v) is 14.1. The van der Waals surface area contributed by atoms with Crippen LogP contribution in [0, 0.1) is 5.92 Å². The molecule has 3 rings (SSSR count). The van der Waals surface area contributed by atoms with Gasteiger partial charge in [0.2, 0.25) is 11.2 Å². The second-order valence-electron chi connectivity index (χ2n) is 5.76. The van der Waals surface area contributed by atoms with E-state index in [2.05, 4.69) is 29.9 Å². The standard InChI is InChI=1S/C16H21ClN2OS/c1-3-10-6-5-7-11(8-10)20-14-13-9-12(4-2)21-15(13)19-16(17)18-14/h9-11H,3-8H2,1-2H3. The molecule has 2 aromatic rings. The summed E-state index contributed by atoms with van der Waals surface area (Å²) in [5.41, 5.74) is 0. The summed E-state index contributed by atoms with van der Waals surface area (Å²) in [6.45, 7) is 4.41. The number of thiophene rings is 1. The highest BCUT2D eigenvalue weighted by molar-refractivity contribution is 7.18. The zero-order valence-electron chi connectivity index (χ0n) is 12.6. The fourth-order valence-electron chi connectivity index (χ4n) is 3.06. The molecule has 2 atom stereocenters. The van der Waals surface area contributed by atoms with Crippen molar-refractivity contribution in [3.8, 4) is 5.88 Å². The lowest BCUT2D eigenvalue weighted by Gasteiger charge is -2.28. The number of aromatic nitrogens is 2. The maximum Gasteiger partial charge on any atom is 0.227 e. The average Bonchev–Trinajstić information content (AvgIpc) is 2.90. The highest BCUT2D eigenvalue weighted by Gasteiger charge is 2.24. The predicted octanol–water partition coefficient (Wildman–Crippen LogP) is 5.25. The van der Waals surface area contributed by atoms with Gasteiger partial charge in [0.25, 0.3) is 0 Å². The minimum Gasteiger partial charge on any atom is -0.474 e. The van der Waals surface area contributed by atoms with E-state index in [1.165, 1.54) is 24.1 Å². The molecular weight excluding hydrogens is 304 g/mol. The van der Waals surface area contributed by atoms with E-state index >= 15 is 0 Å². The molecular formula is C16H21ClN2OS. The Hall–Kier alpha value is -0.870. The van der Waals surface area contributed by atoms with E-state index in [4.69, 9.17) is 16.3 Å². The summed E-state index contributed by atoms with van der Waals surface area (Å²) in [6, 6.07) is 2.14. The van der Waals surface area contributed by atoms with E-state index in [0.717, 1.165) is 35.4 Å². The van der Waals surface area contributed by atoms with Crippen molar-refractivity contribution in [2.45, 2.75) is 58.5 Å². The Kier molecular flexibility index (Phi) is 4.65. The monoisotopic (exact) mass is 324 g/mol. The summed E-state index contributed by atoms with van der Waals surface area (Å²) < 4.78 is 6.21. The van der Waals surface area contributed by atoms with Crippen molar-refractivity contribution in [1.82, 2.24) is 9.97 Å². The van der Waals surface area contributed by atoms with Gasteiger partial charge in [-0.25, -0.2) is 4.98 Å². The predicted molar refractivity (Wildman–Crippen MR) is 88.5 cm³/mol. The summed E-state index contributed by atoms with van der Waals surface area (Å²) in [4.78, 5) is 10.9. The third-order valence-corrected chi connectivity index (χ3v) is 5.66. The van der Waals surface area contributed by atoms with Crippen molar-refractivity contribution >= 4 is 33.2 Å². The van der Waals surface area contributed by atoms with Crippen LogP contribution in [0.3, 0.4) is 0 Å². The molecule has 0 N–H and O–H groups in total. The molecule has 0 bridgehead atoms. The van der Waals surface area contributed by atoms with Gasteiger partial charge in [-0.1, -0.05) is 26.7 Å². The smallest absolute Gasteiger partial charge is 0.227 e. The Labute approximate surface area is 134 Å². The van der Waals surface area contributed by atoms with Gasteiger partial charge in [-0.15, -0.1) is 11.3 Å². The Morgan fingerprint density at radius 3 is 2.95 bits per heavy atom. The van der Waals surface area contributed by atoms with Crippen molar-refractivity contribution < 1.29 is 4.74 Å². The van der Waals surface area contributed by atoms with Crippen LogP contribution in [0.1, 0.15) is 50.8 Å².